The fraction of sp³-hybridized carbons (Fsp3) is 0.0909. The van der Waals surface area contributed by atoms with E-state index in [1.165, 1.54) is 17.8 Å². The third-order valence-corrected chi connectivity index (χ3v) is 5.31. The van der Waals surface area contributed by atoms with E-state index in [4.69, 9.17) is 4.98 Å². The Morgan fingerprint density at radius 3 is 2.52 bits per heavy atom. The van der Waals surface area contributed by atoms with Gasteiger partial charge in [0.15, 0.2) is 5.16 Å². The molecule has 0 unspecified atom stereocenters. The molecule has 0 fully saturated rings. The van der Waals surface area contributed by atoms with E-state index < -0.39 is 0 Å². The van der Waals surface area contributed by atoms with Crippen LogP contribution in [-0.2, 0) is 5.75 Å². The maximum atomic E-state index is 14.0. The molecule has 4 rings (SSSR count). The minimum atomic E-state index is -0.255. The molecule has 27 heavy (non-hydrogen) atoms. The number of rotatable bonds is 4. The largest absolute Gasteiger partial charge is 0.268 e. The Balaban J connectivity index is 1.86. The molecule has 0 saturated carbocycles. The van der Waals surface area contributed by atoms with Crippen molar-refractivity contribution in [2.75, 3.05) is 0 Å². The van der Waals surface area contributed by atoms with Gasteiger partial charge in [0.2, 0.25) is 0 Å². The van der Waals surface area contributed by atoms with Crippen LogP contribution in [0.3, 0.4) is 0 Å². The van der Waals surface area contributed by atoms with E-state index in [-0.39, 0.29) is 11.4 Å². The molecule has 0 aliphatic rings. The molecule has 1 aromatic heterocycles. The Bertz CT molecular complexity index is 1170. The van der Waals surface area contributed by atoms with Gasteiger partial charge >= 0.3 is 0 Å². The van der Waals surface area contributed by atoms with Crippen LogP contribution in [0.1, 0.15) is 11.1 Å². The van der Waals surface area contributed by atoms with Crippen molar-refractivity contribution in [2.45, 2.75) is 17.8 Å². The predicted octanol–water partition coefficient (Wildman–Crippen LogP) is 5.13. The number of aromatic nitrogens is 2. The van der Waals surface area contributed by atoms with Crippen LogP contribution in [0.2, 0.25) is 0 Å². The number of halogens is 1. The van der Waals surface area contributed by atoms with Crippen LogP contribution in [0.25, 0.3) is 16.6 Å². The van der Waals surface area contributed by atoms with Crippen LogP contribution in [0.4, 0.5) is 4.39 Å². The maximum absolute atomic E-state index is 14.0. The van der Waals surface area contributed by atoms with Crippen LogP contribution in [0, 0.1) is 12.7 Å². The van der Waals surface area contributed by atoms with Crippen molar-refractivity contribution in [1.29, 1.82) is 0 Å². The highest BCUT2D eigenvalue weighted by molar-refractivity contribution is 7.98. The number of thioether (sulfide) groups is 1. The molecule has 0 atom stereocenters. The first-order valence-corrected chi connectivity index (χ1v) is 9.57. The summed E-state index contributed by atoms with van der Waals surface area (Å²) < 4.78 is 15.6. The van der Waals surface area contributed by atoms with Crippen molar-refractivity contribution in [3.63, 3.8) is 0 Å². The van der Waals surface area contributed by atoms with Gasteiger partial charge in [-0.15, -0.1) is 0 Å². The van der Waals surface area contributed by atoms with Gasteiger partial charge in [-0.1, -0.05) is 59.8 Å². The van der Waals surface area contributed by atoms with Crippen molar-refractivity contribution in [1.82, 2.24) is 9.55 Å². The van der Waals surface area contributed by atoms with Gasteiger partial charge in [0.05, 0.1) is 16.6 Å². The van der Waals surface area contributed by atoms with E-state index in [1.807, 2.05) is 55.5 Å². The van der Waals surface area contributed by atoms with Crippen molar-refractivity contribution in [3.8, 4) is 5.69 Å². The van der Waals surface area contributed by atoms with Gasteiger partial charge in [0, 0.05) is 5.75 Å². The number of aryl methyl sites for hydroxylation is 1. The van der Waals surface area contributed by atoms with Crippen molar-refractivity contribution < 1.29 is 4.39 Å². The topological polar surface area (TPSA) is 34.9 Å². The summed E-state index contributed by atoms with van der Waals surface area (Å²) >= 11 is 1.35. The minimum Gasteiger partial charge on any atom is -0.268 e. The molecule has 0 aliphatic heterocycles. The first-order chi connectivity index (χ1) is 13.1. The number of hydrogen-bond acceptors (Lipinski definition) is 3. The second-order valence-electron chi connectivity index (χ2n) is 6.27. The van der Waals surface area contributed by atoms with Gasteiger partial charge < -0.3 is 0 Å². The Kier molecular flexibility index (Phi) is 4.77. The van der Waals surface area contributed by atoms with Crippen LogP contribution >= 0.6 is 11.8 Å². The van der Waals surface area contributed by atoms with Gasteiger partial charge in [0.1, 0.15) is 5.82 Å². The zero-order valence-corrected chi connectivity index (χ0v) is 15.5. The van der Waals surface area contributed by atoms with E-state index in [0.717, 1.165) is 11.3 Å². The van der Waals surface area contributed by atoms with E-state index in [0.29, 0.717) is 27.4 Å². The summed E-state index contributed by atoms with van der Waals surface area (Å²) in [5.41, 5.74) is 2.86. The highest BCUT2D eigenvalue weighted by Crippen LogP contribution is 2.25. The summed E-state index contributed by atoms with van der Waals surface area (Å²) in [6.45, 7) is 1.95. The molecule has 3 nitrogen and oxygen atoms in total. The third-order valence-electron chi connectivity index (χ3n) is 4.32. The summed E-state index contributed by atoms with van der Waals surface area (Å²) in [5.74, 6) is 0.138. The van der Waals surface area contributed by atoms with Gasteiger partial charge in [-0.05, 0) is 42.8 Å². The SMILES string of the molecule is Cc1ccc2nc(SCc3ccccc3F)n(-c3ccccc3)c(=O)c2c1. The third kappa shape index (κ3) is 3.51. The lowest BCUT2D eigenvalue weighted by Gasteiger charge is -2.13. The summed E-state index contributed by atoms with van der Waals surface area (Å²) in [7, 11) is 0. The quantitative estimate of drug-likeness (QED) is 0.366. The number of para-hydroxylation sites is 1. The molecular formula is C22H17FN2OS. The van der Waals surface area contributed by atoms with E-state index in [2.05, 4.69) is 0 Å². The lowest BCUT2D eigenvalue weighted by atomic mass is 10.1. The second-order valence-corrected chi connectivity index (χ2v) is 7.21. The molecule has 0 bridgehead atoms. The average molecular weight is 376 g/mol. The van der Waals surface area contributed by atoms with Crippen molar-refractivity contribution >= 4 is 22.7 Å². The normalized spacial score (nSPS) is 11.0. The number of fused-ring (bicyclic) bond motifs is 1. The Morgan fingerprint density at radius 2 is 1.74 bits per heavy atom. The minimum absolute atomic E-state index is 0.120. The smallest absolute Gasteiger partial charge is 0.266 e. The summed E-state index contributed by atoms with van der Waals surface area (Å²) in [6.07, 6.45) is 0. The standard InChI is InChI=1S/C22H17FN2OS/c1-15-11-12-20-18(13-15)21(26)25(17-8-3-2-4-9-17)22(24-20)27-14-16-7-5-6-10-19(16)23/h2-13H,14H2,1H3. The second kappa shape index (κ2) is 7.37. The van der Waals surface area contributed by atoms with Crippen LogP contribution < -0.4 is 5.56 Å². The molecule has 0 aliphatic carbocycles. The lowest BCUT2D eigenvalue weighted by Crippen LogP contribution is -2.21. The fourth-order valence-electron chi connectivity index (χ4n) is 2.94. The molecule has 0 N–H and O–H groups in total. The summed E-state index contributed by atoms with van der Waals surface area (Å²) in [6, 6.07) is 21.7. The number of benzene rings is 3. The molecule has 3 aromatic carbocycles. The van der Waals surface area contributed by atoms with Gasteiger partial charge in [-0.25, -0.2) is 9.37 Å². The number of nitrogens with zero attached hydrogens (tertiary/aromatic N) is 2. The summed E-state index contributed by atoms with van der Waals surface area (Å²) in [4.78, 5) is 17.9. The van der Waals surface area contributed by atoms with Crippen LogP contribution in [0.5, 0.6) is 0 Å². The van der Waals surface area contributed by atoms with Gasteiger partial charge in [0.25, 0.3) is 5.56 Å². The monoisotopic (exact) mass is 376 g/mol. The Labute approximate surface area is 160 Å². The van der Waals surface area contributed by atoms with E-state index in [1.54, 1.807) is 22.8 Å². The van der Waals surface area contributed by atoms with Crippen molar-refractivity contribution in [2.24, 2.45) is 0 Å². The van der Waals surface area contributed by atoms with Crippen LogP contribution in [0.15, 0.2) is 82.7 Å². The van der Waals surface area contributed by atoms with Gasteiger partial charge in [-0.3, -0.25) is 9.36 Å². The predicted molar refractivity (Wildman–Crippen MR) is 108 cm³/mol. The maximum Gasteiger partial charge on any atom is 0.266 e. The van der Waals surface area contributed by atoms with E-state index >= 15 is 0 Å². The molecular weight excluding hydrogens is 359 g/mol. The average Bonchev–Trinajstić information content (AvgIpc) is 2.69. The summed E-state index contributed by atoms with van der Waals surface area (Å²) in [5, 5.41) is 1.12. The lowest BCUT2D eigenvalue weighted by molar-refractivity contribution is 0.617. The molecule has 0 amide bonds. The molecule has 0 spiro atoms. The zero-order chi connectivity index (χ0) is 18.8. The first-order valence-electron chi connectivity index (χ1n) is 8.58. The molecule has 0 saturated heterocycles. The Hall–Kier alpha value is -2.92. The Morgan fingerprint density at radius 1 is 1.00 bits per heavy atom. The van der Waals surface area contributed by atoms with Crippen molar-refractivity contribution in [3.05, 3.63) is 100 Å². The zero-order valence-electron chi connectivity index (χ0n) is 14.7. The number of hydrogen-bond donors (Lipinski definition) is 0. The molecule has 0 radical (unpaired) electrons. The first kappa shape index (κ1) is 17.5. The van der Waals surface area contributed by atoms with Gasteiger partial charge in [-0.2, -0.15) is 0 Å². The molecule has 5 heteroatoms. The highest BCUT2D eigenvalue weighted by Gasteiger charge is 2.14. The molecule has 1 heterocycles. The molecule has 4 aromatic rings. The molecule has 134 valence electrons. The van der Waals surface area contributed by atoms with E-state index in [9.17, 15) is 9.18 Å². The highest BCUT2D eigenvalue weighted by atomic mass is 32.2. The van der Waals surface area contributed by atoms with Crippen LogP contribution in [-0.4, -0.2) is 9.55 Å². The fourth-order valence-corrected chi connectivity index (χ4v) is 3.94.